The number of piperidine rings is 1. The van der Waals surface area contributed by atoms with E-state index in [1.54, 1.807) is 11.3 Å². The lowest BCUT2D eigenvalue weighted by Gasteiger charge is -2.32. The third-order valence-electron chi connectivity index (χ3n) is 4.02. The Labute approximate surface area is 134 Å². The third-order valence-corrected chi connectivity index (χ3v) is 4.97. The number of anilines is 1. The molecule has 22 heavy (non-hydrogen) atoms. The average molecular weight is 319 g/mol. The summed E-state index contributed by atoms with van der Waals surface area (Å²) >= 11 is 1.70. The molecule has 0 bridgehead atoms. The number of hydrogen-bond acceptors (Lipinski definition) is 6. The van der Waals surface area contributed by atoms with Crippen molar-refractivity contribution in [3.63, 3.8) is 0 Å². The summed E-state index contributed by atoms with van der Waals surface area (Å²) in [4.78, 5) is 25.6. The van der Waals surface area contributed by atoms with E-state index in [9.17, 15) is 4.79 Å². The Morgan fingerprint density at radius 3 is 2.77 bits per heavy atom. The SMILES string of the molecule is CCOC(=O)C1CCN(c2nc(C)nc3sc(C)cc23)CC1. The van der Waals surface area contributed by atoms with Gasteiger partial charge in [0.25, 0.3) is 0 Å². The number of aryl methyl sites for hydroxylation is 2. The van der Waals surface area contributed by atoms with Crippen LogP contribution in [0.25, 0.3) is 10.2 Å². The molecule has 1 saturated heterocycles. The molecule has 0 spiro atoms. The predicted molar refractivity (Wildman–Crippen MR) is 88.5 cm³/mol. The number of nitrogens with zero attached hydrogens (tertiary/aromatic N) is 3. The van der Waals surface area contributed by atoms with E-state index in [4.69, 9.17) is 4.74 Å². The highest BCUT2D eigenvalue weighted by Gasteiger charge is 2.27. The molecule has 0 unspecified atom stereocenters. The quantitative estimate of drug-likeness (QED) is 0.814. The van der Waals surface area contributed by atoms with Crippen molar-refractivity contribution in [2.24, 2.45) is 5.92 Å². The molecule has 3 rings (SSSR count). The molecule has 1 fully saturated rings. The second-order valence-corrected chi connectivity index (χ2v) is 6.92. The van der Waals surface area contributed by atoms with Gasteiger partial charge in [0.15, 0.2) is 0 Å². The largest absolute Gasteiger partial charge is 0.466 e. The standard InChI is InChI=1S/C16H21N3O2S/c1-4-21-16(20)12-5-7-19(8-6-12)14-13-9-10(2)22-15(13)18-11(3)17-14/h9,12H,4-8H2,1-3H3. The van der Waals surface area contributed by atoms with Gasteiger partial charge in [-0.1, -0.05) is 0 Å². The highest BCUT2D eigenvalue weighted by Crippen LogP contribution is 2.32. The maximum Gasteiger partial charge on any atom is 0.309 e. The van der Waals surface area contributed by atoms with Crippen molar-refractivity contribution >= 4 is 33.3 Å². The second kappa shape index (κ2) is 6.20. The molecule has 0 saturated carbocycles. The fraction of sp³-hybridized carbons (Fsp3) is 0.562. The molecule has 0 N–H and O–H groups in total. The van der Waals surface area contributed by atoms with Crippen LogP contribution in [-0.4, -0.2) is 35.6 Å². The van der Waals surface area contributed by atoms with E-state index in [2.05, 4.69) is 27.9 Å². The first-order chi connectivity index (χ1) is 10.6. The number of carbonyl (C=O) groups is 1. The van der Waals surface area contributed by atoms with Crippen LogP contribution in [0.2, 0.25) is 0 Å². The fourth-order valence-corrected chi connectivity index (χ4v) is 3.88. The lowest BCUT2D eigenvalue weighted by molar-refractivity contribution is -0.148. The number of thiophene rings is 1. The van der Waals surface area contributed by atoms with Crippen molar-refractivity contribution in [2.75, 3.05) is 24.6 Å². The average Bonchev–Trinajstić information content (AvgIpc) is 2.87. The van der Waals surface area contributed by atoms with Gasteiger partial charge in [-0.05, 0) is 39.7 Å². The van der Waals surface area contributed by atoms with E-state index >= 15 is 0 Å². The molecule has 0 aromatic carbocycles. The van der Waals surface area contributed by atoms with Crippen LogP contribution in [0, 0.1) is 19.8 Å². The van der Waals surface area contributed by atoms with E-state index < -0.39 is 0 Å². The van der Waals surface area contributed by atoms with Gasteiger partial charge in [-0.15, -0.1) is 11.3 Å². The van der Waals surface area contributed by atoms with Crippen LogP contribution < -0.4 is 4.90 Å². The summed E-state index contributed by atoms with van der Waals surface area (Å²) in [5.41, 5.74) is 0. The first-order valence-electron chi connectivity index (χ1n) is 7.75. The van der Waals surface area contributed by atoms with E-state index in [0.29, 0.717) is 6.61 Å². The van der Waals surface area contributed by atoms with Crippen molar-refractivity contribution in [3.05, 3.63) is 16.8 Å². The Balaban J connectivity index is 1.80. The van der Waals surface area contributed by atoms with Crippen LogP contribution in [0.4, 0.5) is 5.82 Å². The molecule has 0 aliphatic carbocycles. The summed E-state index contributed by atoms with van der Waals surface area (Å²) in [7, 11) is 0. The summed E-state index contributed by atoms with van der Waals surface area (Å²) in [5.74, 6) is 1.78. The molecule has 0 atom stereocenters. The molecule has 2 aromatic rings. The van der Waals surface area contributed by atoms with E-state index in [0.717, 1.165) is 47.8 Å². The topological polar surface area (TPSA) is 55.3 Å². The number of rotatable bonds is 3. The minimum Gasteiger partial charge on any atom is -0.466 e. The van der Waals surface area contributed by atoms with Gasteiger partial charge in [0, 0.05) is 18.0 Å². The number of hydrogen-bond donors (Lipinski definition) is 0. The van der Waals surface area contributed by atoms with Gasteiger partial charge >= 0.3 is 5.97 Å². The molecule has 5 nitrogen and oxygen atoms in total. The number of ether oxygens (including phenoxy) is 1. The van der Waals surface area contributed by atoms with Gasteiger partial charge in [-0.3, -0.25) is 4.79 Å². The van der Waals surface area contributed by atoms with Crippen molar-refractivity contribution < 1.29 is 9.53 Å². The monoisotopic (exact) mass is 319 g/mol. The first kappa shape index (κ1) is 15.2. The Morgan fingerprint density at radius 1 is 1.36 bits per heavy atom. The van der Waals surface area contributed by atoms with E-state index in [-0.39, 0.29) is 11.9 Å². The molecular weight excluding hydrogens is 298 g/mol. The van der Waals surface area contributed by atoms with Gasteiger partial charge in [-0.2, -0.15) is 0 Å². The molecule has 1 aliphatic rings. The van der Waals surface area contributed by atoms with Crippen LogP contribution in [0.15, 0.2) is 6.07 Å². The minimum absolute atomic E-state index is 0.0267. The lowest BCUT2D eigenvalue weighted by atomic mass is 9.97. The summed E-state index contributed by atoms with van der Waals surface area (Å²) < 4.78 is 5.13. The molecule has 0 amide bonds. The van der Waals surface area contributed by atoms with Crippen LogP contribution in [0.1, 0.15) is 30.5 Å². The zero-order chi connectivity index (χ0) is 15.7. The first-order valence-corrected chi connectivity index (χ1v) is 8.56. The maximum absolute atomic E-state index is 11.8. The van der Waals surface area contributed by atoms with Gasteiger partial charge in [0.05, 0.1) is 17.9 Å². The highest BCUT2D eigenvalue weighted by molar-refractivity contribution is 7.18. The Hall–Kier alpha value is -1.69. The van der Waals surface area contributed by atoms with Gasteiger partial charge in [-0.25, -0.2) is 9.97 Å². The third kappa shape index (κ3) is 2.92. The maximum atomic E-state index is 11.8. The molecule has 1 aliphatic heterocycles. The van der Waals surface area contributed by atoms with E-state index in [1.807, 2.05) is 13.8 Å². The Kier molecular flexibility index (Phi) is 4.29. The molecule has 6 heteroatoms. The summed E-state index contributed by atoms with van der Waals surface area (Å²) in [6.07, 6.45) is 1.65. The summed E-state index contributed by atoms with van der Waals surface area (Å²) in [6, 6.07) is 2.16. The molecule has 118 valence electrons. The highest BCUT2D eigenvalue weighted by atomic mass is 32.1. The zero-order valence-corrected chi connectivity index (χ0v) is 14.1. The van der Waals surface area contributed by atoms with Crippen LogP contribution in [0.5, 0.6) is 0 Å². The molecular formula is C16H21N3O2S. The van der Waals surface area contributed by atoms with Gasteiger partial charge < -0.3 is 9.64 Å². The van der Waals surface area contributed by atoms with Gasteiger partial charge in [0.2, 0.25) is 0 Å². The number of aromatic nitrogens is 2. The lowest BCUT2D eigenvalue weighted by Crippen LogP contribution is -2.37. The molecule has 3 heterocycles. The number of fused-ring (bicyclic) bond motifs is 1. The number of esters is 1. The van der Waals surface area contributed by atoms with Crippen molar-refractivity contribution in [2.45, 2.75) is 33.6 Å². The predicted octanol–water partition coefficient (Wildman–Crippen LogP) is 3.09. The second-order valence-electron chi connectivity index (χ2n) is 5.68. The molecule has 2 aromatic heterocycles. The summed E-state index contributed by atoms with van der Waals surface area (Å²) in [6.45, 7) is 8.01. The summed E-state index contributed by atoms with van der Waals surface area (Å²) in [5, 5.41) is 1.13. The smallest absolute Gasteiger partial charge is 0.309 e. The van der Waals surface area contributed by atoms with Crippen LogP contribution in [-0.2, 0) is 9.53 Å². The normalized spacial score (nSPS) is 16.2. The minimum atomic E-state index is -0.0578. The van der Waals surface area contributed by atoms with Crippen LogP contribution in [0.3, 0.4) is 0 Å². The number of carbonyl (C=O) groups excluding carboxylic acids is 1. The Morgan fingerprint density at radius 2 is 2.09 bits per heavy atom. The van der Waals surface area contributed by atoms with E-state index in [1.165, 1.54) is 4.88 Å². The van der Waals surface area contributed by atoms with Crippen LogP contribution >= 0.6 is 11.3 Å². The van der Waals surface area contributed by atoms with Crippen molar-refractivity contribution in [1.82, 2.24) is 9.97 Å². The molecule has 0 radical (unpaired) electrons. The fourth-order valence-electron chi connectivity index (χ4n) is 2.96. The van der Waals surface area contributed by atoms with Gasteiger partial charge in [0.1, 0.15) is 16.5 Å². The van der Waals surface area contributed by atoms with Crippen molar-refractivity contribution in [3.8, 4) is 0 Å². The van der Waals surface area contributed by atoms with Crippen molar-refractivity contribution in [1.29, 1.82) is 0 Å². The Bertz CT molecular complexity index is 690. The zero-order valence-electron chi connectivity index (χ0n) is 13.3.